The molecule has 3 aromatic rings. The van der Waals surface area contributed by atoms with Crippen LogP contribution in [-0.4, -0.2) is 23.6 Å². The monoisotopic (exact) mass is 422 g/mol. The number of aromatic nitrogens is 1. The lowest BCUT2D eigenvalue weighted by Crippen LogP contribution is -2.21. The maximum atomic E-state index is 12.3. The Balaban J connectivity index is 1.52. The van der Waals surface area contributed by atoms with Crippen molar-refractivity contribution in [1.29, 1.82) is 0 Å². The molecule has 7 heteroatoms. The summed E-state index contributed by atoms with van der Waals surface area (Å²) >= 11 is 0. The van der Waals surface area contributed by atoms with Gasteiger partial charge in [-0.1, -0.05) is 37.2 Å². The van der Waals surface area contributed by atoms with E-state index in [4.69, 9.17) is 14.0 Å². The summed E-state index contributed by atoms with van der Waals surface area (Å²) in [4.78, 5) is 24.4. The van der Waals surface area contributed by atoms with Crippen molar-refractivity contribution in [2.45, 2.75) is 40.2 Å². The molecule has 0 aliphatic rings. The second-order valence-corrected chi connectivity index (χ2v) is 7.52. The number of rotatable bonds is 8. The molecule has 0 saturated carbocycles. The molecule has 0 saturated heterocycles. The third-order valence-electron chi connectivity index (χ3n) is 4.83. The third kappa shape index (κ3) is 5.94. The number of hydrogen-bond donors (Lipinski definition) is 1. The van der Waals surface area contributed by atoms with Gasteiger partial charge in [0.2, 0.25) is 0 Å². The van der Waals surface area contributed by atoms with E-state index in [2.05, 4.69) is 24.3 Å². The number of benzene rings is 2. The van der Waals surface area contributed by atoms with Crippen LogP contribution in [0.3, 0.4) is 0 Å². The molecule has 3 rings (SSSR count). The van der Waals surface area contributed by atoms with Crippen molar-refractivity contribution < 1.29 is 23.6 Å². The number of nitrogens with zero attached hydrogens (tertiary/aromatic N) is 1. The Morgan fingerprint density at radius 1 is 1.10 bits per heavy atom. The van der Waals surface area contributed by atoms with Crippen LogP contribution in [0.5, 0.6) is 5.75 Å². The molecule has 1 heterocycles. The predicted molar refractivity (Wildman–Crippen MR) is 116 cm³/mol. The Bertz CT molecular complexity index is 1030. The van der Waals surface area contributed by atoms with Crippen LogP contribution in [0.2, 0.25) is 0 Å². The number of carbonyl (C=O) groups is 2. The molecule has 0 radical (unpaired) electrons. The van der Waals surface area contributed by atoms with Crippen LogP contribution in [0.1, 0.15) is 52.7 Å². The van der Waals surface area contributed by atoms with Crippen molar-refractivity contribution in [3.05, 3.63) is 76.7 Å². The lowest BCUT2D eigenvalue weighted by Gasteiger charge is -2.10. The fraction of sp³-hybridized carbons (Fsp3) is 0.292. The Kier molecular flexibility index (Phi) is 7.07. The first-order valence-corrected chi connectivity index (χ1v) is 10.0. The van der Waals surface area contributed by atoms with Gasteiger partial charge in [0, 0.05) is 5.69 Å². The fourth-order valence-corrected chi connectivity index (χ4v) is 2.94. The third-order valence-corrected chi connectivity index (χ3v) is 4.83. The fourth-order valence-electron chi connectivity index (χ4n) is 2.94. The highest BCUT2D eigenvalue weighted by molar-refractivity contribution is 5.95. The van der Waals surface area contributed by atoms with Gasteiger partial charge in [-0.3, -0.25) is 4.79 Å². The summed E-state index contributed by atoms with van der Waals surface area (Å²) in [7, 11) is 0. The van der Waals surface area contributed by atoms with Crippen molar-refractivity contribution >= 4 is 17.6 Å². The molecule has 0 atom stereocenters. The largest absolute Gasteiger partial charge is 0.489 e. The summed E-state index contributed by atoms with van der Waals surface area (Å²) in [6.45, 7) is 7.75. The van der Waals surface area contributed by atoms with E-state index in [9.17, 15) is 9.59 Å². The first-order chi connectivity index (χ1) is 14.8. The molecule has 2 aromatic carbocycles. The zero-order valence-electron chi connectivity index (χ0n) is 18.1. The predicted octanol–water partition coefficient (Wildman–Crippen LogP) is 4.79. The molecule has 1 aromatic heterocycles. The van der Waals surface area contributed by atoms with Crippen molar-refractivity contribution in [2.75, 3.05) is 11.9 Å². The normalized spacial score (nSPS) is 10.7. The van der Waals surface area contributed by atoms with Gasteiger partial charge < -0.3 is 19.3 Å². The minimum absolute atomic E-state index is 0.275. The number of hydrogen-bond acceptors (Lipinski definition) is 6. The van der Waals surface area contributed by atoms with Crippen molar-refractivity contribution in [2.24, 2.45) is 0 Å². The number of amides is 1. The maximum Gasteiger partial charge on any atom is 0.338 e. The van der Waals surface area contributed by atoms with Gasteiger partial charge in [-0.05, 0) is 55.7 Å². The second kappa shape index (κ2) is 9.93. The maximum absolute atomic E-state index is 12.3. The lowest BCUT2D eigenvalue weighted by molar-refractivity contribution is -0.119. The van der Waals surface area contributed by atoms with E-state index in [-0.39, 0.29) is 13.2 Å². The average molecular weight is 422 g/mol. The highest BCUT2D eigenvalue weighted by atomic mass is 16.5. The number of esters is 1. The second-order valence-electron chi connectivity index (χ2n) is 7.52. The van der Waals surface area contributed by atoms with E-state index in [1.807, 2.05) is 38.1 Å². The van der Waals surface area contributed by atoms with E-state index < -0.39 is 11.9 Å². The van der Waals surface area contributed by atoms with Crippen LogP contribution >= 0.6 is 0 Å². The minimum Gasteiger partial charge on any atom is -0.489 e. The van der Waals surface area contributed by atoms with Crippen LogP contribution in [0.25, 0.3) is 0 Å². The van der Waals surface area contributed by atoms with E-state index in [1.54, 1.807) is 24.3 Å². The van der Waals surface area contributed by atoms with E-state index in [0.717, 1.165) is 11.3 Å². The number of carbonyl (C=O) groups excluding carboxylic acids is 2. The molecule has 162 valence electrons. The van der Waals surface area contributed by atoms with Gasteiger partial charge in [-0.15, -0.1) is 0 Å². The summed E-state index contributed by atoms with van der Waals surface area (Å²) < 4.78 is 16.0. The van der Waals surface area contributed by atoms with Crippen LogP contribution < -0.4 is 10.1 Å². The van der Waals surface area contributed by atoms with Gasteiger partial charge in [0.25, 0.3) is 5.91 Å². The van der Waals surface area contributed by atoms with Crippen molar-refractivity contribution in [3.63, 3.8) is 0 Å². The summed E-state index contributed by atoms with van der Waals surface area (Å²) in [6, 6.07) is 14.2. The highest BCUT2D eigenvalue weighted by Crippen LogP contribution is 2.19. The van der Waals surface area contributed by atoms with E-state index in [1.165, 1.54) is 5.56 Å². The van der Waals surface area contributed by atoms with Gasteiger partial charge >= 0.3 is 5.97 Å². The van der Waals surface area contributed by atoms with Crippen molar-refractivity contribution in [1.82, 2.24) is 5.16 Å². The van der Waals surface area contributed by atoms with E-state index >= 15 is 0 Å². The summed E-state index contributed by atoms with van der Waals surface area (Å²) in [5.74, 6) is 0.599. The number of anilines is 1. The van der Waals surface area contributed by atoms with Crippen LogP contribution in [-0.2, 0) is 16.1 Å². The van der Waals surface area contributed by atoms with Crippen LogP contribution in [0.15, 0.2) is 53.1 Å². The Morgan fingerprint density at radius 3 is 2.48 bits per heavy atom. The van der Waals surface area contributed by atoms with Gasteiger partial charge in [0.1, 0.15) is 18.1 Å². The number of ether oxygens (including phenoxy) is 2. The highest BCUT2D eigenvalue weighted by Gasteiger charge is 2.13. The van der Waals surface area contributed by atoms with Gasteiger partial charge in [0.15, 0.2) is 6.61 Å². The molecule has 1 N–H and O–H groups in total. The molecule has 0 spiro atoms. The van der Waals surface area contributed by atoms with E-state index in [0.29, 0.717) is 28.7 Å². The lowest BCUT2D eigenvalue weighted by atomic mass is 10.0. The Hall–Kier alpha value is -3.61. The topological polar surface area (TPSA) is 90.7 Å². The molecular formula is C24H26N2O5. The molecule has 0 aliphatic heterocycles. The molecular weight excluding hydrogens is 396 g/mol. The molecule has 31 heavy (non-hydrogen) atoms. The first kappa shape index (κ1) is 22.1. The molecule has 7 nitrogen and oxygen atoms in total. The SMILES string of the molecule is Cc1noc(C)c1COc1cccc(C(=O)OCC(=O)Nc2ccc(C(C)C)cc2)c1. The number of aryl methyl sites for hydroxylation is 2. The standard InChI is InChI=1S/C24H26N2O5/c1-15(2)18-8-10-20(11-9-18)25-23(27)14-30-24(28)19-6-5-7-21(12-19)29-13-22-16(3)26-31-17(22)4/h5-12,15H,13-14H2,1-4H3,(H,25,27). The zero-order valence-corrected chi connectivity index (χ0v) is 18.1. The molecule has 1 amide bonds. The smallest absolute Gasteiger partial charge is 0.338 e. The minimum atomic E-state index is -0.604. The summed E-state index contributed by atoms with van der Waals surface area (Å²) in [5.41, 5.74) is 3.76. The van der Waals surface area contributed by atoms with Gasteiger partial charge in [-0.25, -0.2) is 4.79 Å². The quantitative estimate of drug-likeness (QED) is 0.525. The Labute approximate surface area is 181 Å². The molecule has 0 aliphatic carbocycles. The molecule has 0 unspecified atom stereocenters. The average Bonchev–Trinajstić information content (AvgIpc) is 3.08. The van der Waals surface area contributed by atoms with Crippen LogP contribution in [0.4, 0.5) is 5.69 Å². The molecule has 0 bridgehead atoms. The molecule has 0 fully saturated rings. The zero-order chi connectivity index (χ0) is 22.4. The summed E-state index contributed by atoms with van der Waals surface area (Å²) in [5, 5.41) is 6.61. The first-order valence-electron chi connectivity index (χ1n) is 10.0. The van der Waals surface area contributed by atoms with Gasteiger partial charge in [-0.2, -0.15) is 0 Å². The number of nitrogens with one attached hydrogen (secondary N) is 1. The Morgan fingerprint density at radius 2 is 1.84 bits per heavy atom. The summed E-state index contributed by atoms with van der Waals surface area (Å²) in [6.07, 6.45) is 0. The van der Waals surface area contributed by atoms with Crippen molar-refractivity contribution in [3.8, 4) is 5.75 Å². The van der Waals surface area contributed by atoms with Gasteiger partial charge in [0.05, 0.1) is 16.8 Å². The van der Waals surface area contributed by atoms with Crippen LogP contribution in [0, 0.1) is 13.8 Å².